The normalized spacial score (nSPS) is 18.3. The summed E-state index contributed by atoms with van der Waals surface area (Å²) in [6, 6.07) is 6.95. The fourth-order valence-corrected chi connectivity index (χ4v) is 3.66. The van der Waals surface area contributed by atoms with Gasteiger partial charge in [0.05, 0.1) is 0 Å². The molecule has 20 heavy (non-hydrogen) atoms. The Bertz CT molecular complexity index is 423. The van der Waals surface area contributed by atoms with E-state index in [-0.39, 0.29) is 6.04 Å². The number of rotatable bonds is 5. The van der Waals surface area contributed by atoms with Gasteiger partial charge in [-0.2, -0.15) is 0 Å². The monoisotopic (exact) mass is 338 g/mol. The van der Waals surface area contributed by atoms with Gasteiger partial charge in [0.25, 0.3) is 0 Å². The van der Waals surface area contributed by atoms with Gasteiger partial charge in [0, 0.05) is 29.3 Å². The minimum absolute atomic E-state index is 0.210. The fraction of sp³-hybridized carbons (Fsp3) is 0.647. The Morgan fingerprint density at radius 3 is 2.60 bits per heavy atom. The largest absolute Gasteiger partial charge is 0.371 e. The summed E-state index contributed by atoms with van der Waals surface area (Å²) in [6.45, 7) is 6.74. The first-order valence-corrected chi connectivity index (χ1v) is 8.68. The van der Waals surface area contributed by atoms with Crippen LogP contribution in [0.3, 0.4) is 0 Å². The second-order valence-corrected chi connectivity index (χ2v) is 7.03. The van der Waals surface area contributed by atoms with E-state index in [1.807, 2.05) is 0 Å². The van der Waals surface area contributed by atoms with Crippen LogP contribution >= 0.6 is 15.9 Å². The van der Waals surface area contributed by atoms with Gasteiger partial charge >= 0.3 is 0 Å². The molecule has 0 radical (unpaired) electrons. The molecular weight excluding hydrogens is 312 g/mol. The summed E-state index contributed by atoms with van der Waals surface area (Å²) < 4.78 is 1.20. The molecule has 1 fully saturated rings. The number of halogens is 1. The summed E-state index contributed by atoms with van der Waals surface area (Å²) in [5, 5.41) is 0. The molecule has 1 heterocycles. The average molecular weight is 339 g/mol. The molecule has 0 aliphatic carbocycles. The maximum absolute atomic E-state index is 5.89. The van der Waals surface area contributed by atoms with Crippen molar-refractivity contribution in [3.8, 4) is 0 Å². The maximum atomic E-state index is 5.89. The lowest BCUT2D eigenvalue weighted by atomic mass is 9.92. The minimum atomic E-state index is 0.210. The van der Waals surface area contributed by atoms with Gasteiger partial charge in [-0.05, 0) is 49.8 Å². The molecule has 0 saturated carbocycles. The lowest BCUT2D eigenvalue weighted by Gasteiger charge is -2.34. The van der Waals surface area contributed by atoms with Crippen LogP contribution in [0.2, 0.25) is 0 Å². The number of hydrogen-bond donors (Lipinski definition) is 1. The van der Waals surface area contributed by atoms with E-state index < -0.39 is 0 Å². The highest BCUT2D eigenvalue weighted by atomic mass is 79.9. The molecule has 0 aromatic heterocycles. The molecule has 2 rings (SSSR count). The van der Waals surface area contributed by atoms with Crippen LogP contribution in [0.25, 0.3) is 0 Å². The minimum Gasteiger partial charge on any atom is -0.371 e. The molecule has 1 saturated heterocycles. The van der Waals surface area contributed by atoms with E-state index in [4.69, 9.17) is 5.73 Å². The topological polar surface area (TPSA) is 29.3 Å². The van der Waals surface area contributed by atoms with E-state index in [0.717, 1.165) is 12.3 Å². The molecule has 2 nitrogen and oxygen atoms in total. The molecule has 1 aromatic rings. The van der Waals surface area contributed by atoms with Gasteiger partial charge in [-0.1, -0.05) is 41.8 Å². The summed E-state index contributed by atoms with van der Waals surface area (Å²) in [7, 11) is 0. The van der Waals surface area contributed by atoms with E-state index in [1.54, 1.807) is 0 Å². The van der Waals surface area contributed by atoms with Crippen LogP contribution in [0, 0.1) is 5.92 Å². The van der Waals surface area contributed by atoms with Gasteiger partial charge in [0.1, 0.15) is 0 Å². The predicted molar refractivity (Wildman–Crippen MR) is 91.3 cm³/mol. The second-order valence-electron chi connectivity index (χ2n) is 6.18. The fourth-order valence-electron chi connectivity index (χ4n) is 3.13. The number of piperidine rings is 1. The first-order chi connectivity index (χ1) is 9.60. The van der Waals surface area contributed by atoms with E-state index >= 15 is 0 Å². The molecule has 1 aliphatic rings. The molecular formula is C17H27BrN2. The predicted octanol–water partition coefficient (Wildman–Crippen LogP) is 4.36. The molecule has 2 N–H and O–H groups in total. The van der Waals surface area contributed by atoms with Crippen molar-refractivity contribution in [2.75, 3.05) is 18.0 Å². The van der Waals surface area contributed by atoms with Crippen molar-refractivity contribution in [3.05, 3.63) is 28.2 Å². The molecule has 1 aliphatic heterocycles. The van der Waals surface area contributed by atoms with Crippen LogP contribution in [-0.2, 0) is 6.42 Å². The van der Waals surface area contributed by atoms with E-state index in [1.165, 1.54) is 54.5 Å². The zero-order valence-corrected chi connectivity index (χ0v) is 14.3. The standard InChI is InChI=1S/C17H27BrN2/c1-3-4-14-7-9-20(10-8-14)16-6-5-15(11-13(2)19)17(18)12-16/h5-6,12-14H,3-4,7-11,19H2,1-2H3. The first-order valence-electron chi connectivity index (χ1n) is 7.89. The van der Waals surface area contributed by atoms with E-state index in [2.05, 4.69) is 52.9 Å². The Hall–Kier alpha value is -0.540. The molecule has 112 valence electrons. The van der Waals surface area contributed by atoms with Crippen LogP contribution in [-0.4, -0.2) is 19.1 Å². The zero-order valence-electron chi connectivity index (χ0n) is 12.7. The quantitative estimate of drug-likeness (QED) is 0.864. The third-order valence-electron chi connectivity index (χ3n) is 4.26. The summed E-state index contributed by atoms with van der Waals surface area (Å²) in [5.41, 5.74) is 8.54. The van der Waals surface area contributed by atoms with Crippen molar-refractivity contribution in [2.45, 2.75) is 52.0 Å². The highest BCUT2D eigenvalue weighted by Gasteiger charge is 2.19. The zero-order chi connectivity index (χ0) is 14.5. The highest BCUT2D eigenvalue weighted by Crippen LogP contribution is 2.29. The van der Waals surface area contributed by atoms with Crippen molar-refractivity contribution in [1.29, 1.82) is 0 Å². The summed E-state index contributed by atoms with van der Waals surface area (Å²) >= 11 is 3.70. The van der Waals surface area contributed by atoms with Gasteiger partial charge in [0.15, 0.2) is 0 Å². The smallest absolute Gasteiger partial charge is 0.0377 e. The Morgan fingerprint density at radius 1 is 1.35 bits per heavy atom. The van der Waals surface area contributed by atoms with Crippen molar-refractivity contribution in [1.82, 2.24) is 0 Å². The Kier molecular flexibility index (Phi) is 5.91. The summed E-state index contributed by atoms with van der Waals surface area (Å²) in [5.74, 6) is 0.942. The highest BCUT2D eigenvalue weighted by molar-refractivity contribution is 9.10. The van der Waals surface area contributed by atoms with Crippen molar-refractivity contribution < 1.29 is 0 Å². The van der Waals surface area contributed by atoms with Crippen molar-refractivity contribution in [2.24, 2.45) is 11.7 Å². The molecule has 0 spiro atoms. The van der Waals surface area contributed by atoms with Gasteiger partial charge < -0.3 is 10.6 Å². The number of nitrogens with zero attached hydrogens (tertiary/aromatic N) is 1. The molecule has 1 unspecified atom stereocenters. The van der Waals surface area contributed by atoms with Crippen molar-refractivity contribution in [3.63, 3.8) is 0 Å². The Morgan fingerprint density at radius 2 is 2.05 bits per heavy atom. The Balaban J connectivity index is 1.98. The number of nitrogens with two attached hydrogens (primary N) is 1. The average Bonchev–Trinajstić information content (AvgIpc) is 2.42. The first kappa shape index (κ1) is 15.8. The van der Waals surface area contributed by atoms with Crippen LogP contribution < -0.4 is 10.6 Å². The van der Waals surface area contributed by atoms with Crippen LogP contribution in [0.15, 0.2) is 22.7 Å². The van der Waals surface area contributed by atoms with Gasteiger partial charge in [-0.25, -0.2) is 0 Å². The van der Waals surface area contributed by atoms with E-state index in [0.29, 0.717) is 0 Å². The SMILES string of the molecule is CCCC1CCN(c2ccc(CC(C)N)c(Br)c2)CC1. The molecule has 1 atom stereocenters. The molecule has 3 heteroatoms. The van der Waals surface area contributed by atoms with Gasteiger partial charge in [-0.3, -0.25) is 0 Å². The van der Waals surface area contributed by atoms with Crippen LogP contribution in [0.4, 0.5) is 5.69 Å². The molecule has 0 amide bonds. The number of benzene rings is 1. The van der Waals surface area contributed by atoms with Crippen LogP contribution in [0.1, 0.15) is 45.1 Å². The van der Waals surface area contributed by atoms with Gasteiger partial charge in [-0.15, -0.1) is 0 Å². The Labute approximate surface area is 131 Å². The van der Waals surface area contributed by atoms with E-state index in [9.17, 15) is 0 Å². The number of anilines is 1. The lowest BCUT2D eigenvalue weighted by molar-refractivity contribution is 0.378. The second kappa shape index (κ2) is 7.46. The third kappa shape index (κ3) is 4.23. The van der Waals surface area contributed by atoms with Crippen molar-refractivity contribution >= 4 is 21.6 Å². The third-order valence-corrected chi connectivity index (χ3v) is 4.99. The lowest BCUT2D eigenvalue weighted by Crippen LogP contribution is -2.33. The summed E-state index contributed by atoms with van der Waals surface area (Å²) in [4.78, 5) is 2.52. The molecule has 1 aromatic carbocycles. The summed E-state index contributed by atoms with van der Waals surface area (Å²) in [6.07, 6.45) is 6.33. The number of hydrogen-bond acceptors (Lipinski definition) is 2. The molecule has 0 bridgehead atoms. The maximum Gasteiger partial charge on any atom is 0.0377 e. The van der Waals surface area contributed by atoms with Gasteiger partial charge in [0.2, 0.25) is 0 Å². The van der Waals surface area contributed by atoms with Crippen LogP contribution in [0.5, 0.6) is 0 Å².